The molecule has 2 atom stereocenters. The minimum absolute atomic E-state index is 0.0308. The molecule has 0 amide bonds. The lowest BCUT2D eigenvalue weighted by molar-refractivity contribution is 0.345. The first kappa shape index (κ1) is 24.6. The van der Waals surface area contributed by atoms with Crippen molar-refractivity contribution >= 4 is 27.3 Å². The maximum absolute atomic E-state index is 13.7. The van der Waals surface area contributed by atoms with Gasteiger partial charge in [-0.2, -0.15) is 4.31 Å². The van der Waals surface area contributed by atoms with Crippen LogP contribution in [0, 0.1) is 29.4 Å². The average Bonchev–Trinajstić information content (AvgIpc) is 3.44. The van der Waals surface area contributed by atoms with Gasteiger partial charge in [0.2, 0.25) is 10.0 Å². The maximum atomic E-state index is 13.7. The fraction of sp³-hybridized carbons (Fsp3) is 0.357. The number of nitrogens with one attached hydrogen (secondary N) is 1. The van der Waals surface area contributed by atoms with Gasteiger partial charge in [0.05, 0.1) is 21.3 Å². The Balaban J connectivity index is 1.29. The highest BCUT2D eigenvalue weighted by molar-refractivity contribution is 7.89. The molecule has 5 nitrogen and oxygen atoms in total. The molecule has 4 aliphatic rings. The zero-order chi connectivity index (χ0) is 25.9. The van der Waals surface area contributed by atoms with Gasteiger partial charge in [0, 0.05) is 30.8 Å². The summed E-state index contributed by atoms with van der Waals surface area (Å²) in [6.07, 6.45) is 7.96. The summed E-state index contributed by atoms with van der Waals surface area (Å²) in [5, 5.41) is 1.77. The summed E-state index contributed by atoms with van der Waals surface area (Å²) in [5.41, 5.74) is 8.86. The van der Waals surface area contributed by atoms with E-state index in [4.69, 9.17) is 11.6 Å². The molecule has 1 aliphatic heterocycles. The zero-order valence-electron chi connectivity index (χ0n) is 20.4. The summed E-state index contributed by atoms with van der Waals surface area (Å²) in [4.78, 5) is 0.0308. The van der Waals surface area contributed by atoms with Gasteiger partial charge < -0.3 is 5.43 Å². The SMILES string of the molecule is C[C@H]1C2=CNN(c3ccc(F)cc3)C2=CC2=C1[C@@H](CN(CC1CC1)S(=O)(=O)c1ccc(F)c(Cl)c1)CC2. The van der Waals surface area contributed by atoms with E-state index in [-0.39, 0.29) is 27.6 Å². The highest BCUT2D eigenvalue weighted by Crippen LogP contribution is 2.48. The second-order valence-electron chi connectivity index (χ2n) is 10.3. The third kappa shape index (κ3) is 4.49. The lowest BCUT2D eigenvalue weighted by Crippen LogP contribution is -2.38. The smallest absolute Gasteiger partial charge is 0.243 e. The molecule has 0 bridgehead atoms. The van der Waals surface area contributed by atoms with Crippen LogP contribution in [-0.4, -0.2) is 25.8 Å². The van der Waals surface area contributed by atoms with Crippen molar-refractivity contribution in [2.24, 2.45) is 17.8 Å². The number of hydrogen-bond donors (Lipinski definition) is 1. The number of fused-ring (bicyclic) bond motifs is 1. The Hall–Kier alpha value is -2.68. The molecule has 1 fully saturated rings. The van der Waals surface area contributed by atoms with Crippen LogP contribution in [0.3, 0.4) is 0 Å². The maximum Gasteiger partial charge on any atom is 0.243 e. The van der Waals surface area contributed by atoms with Crippen LogP contribution >= 0.6 is 11.6 Å². The number of rotatable bonds is 7. The van der Waals surface area contributed by atoms with Crippen LogP contribution in [0.1, 0.15) is 32.6 Å². The molecule has 3 aliphatic carbocycles. The second-order valence-corrected chi connectivity index (χ2v) is 12.7. The van der Waals surface area contributed by atoms with E-state index in [1.165, 1.54) is 35.4 Å². The Bertz CT molecular complexity index is 1450. The molecule has 2 aromatic carbocycles. The fourth-order valence-electron chi connectivity index (χ4n) is 5.80. The van der Waals surface area contributed by atoms with Crippen molar-refractivity contribution in [2.45, 2.75) is 37.5 Å². The molecule has 0 aromatic heterocycles. The molecule has 0 radical (unpaired) electrons. The fourth-order valence-corrected chi connectivity index (χ4v) is 7.63. The van der Waals surface area contributed by atoms with E-state index < -0.39 is 15.8 Å². The molecule has 1 heterocycles. The summed E-state index contributed by atoms with van der Waals surface area (Å²) in [5.74, 6) is -0.341. The number of halogens is 3. The molecule has 6 rings (SSSR count). The van der Waals surface area contributed by atoms with Crippen molar-refractivity contribution in [1.82, 2.24) is 9.73 Å². The lowest BCUT2D eigenvalue weighted by atomic mass is 9.80. The Morgan fingerprint density at radius 3 is 2.54 bits per heavy atom. The number of anilines is 1. The van der Waals surface area contributed by atoms with E-state index in [1.807, 2.05) is 11.2 Å². The first-order valence-corrected chi connectivity index (χ1v) is 14.5. The Kier molecular flexibility index (Phi) is 6.17. The van der Waals surface area contributed by atoms with Crippen molar-refractivity contribution in [3.63, 3.8) is 0 Å². The van der Waals surface area contributed by atoms with Crippen LogP contribution in [-0.2, 0) is 10.0 Å². The summed E-state index contributed by atoms with van der Waals surface area (Å²) < 4.78 is 56.1. The second kappa shape index (κ2) is 9.26. The summed E-state index contributed by atoms with van der Waals surface area (Å²) in [6, 6.07) is 10.0. The first-order valence-electron chi connectivity index (χ1n) is 12.6. The van der Waals surface area contributed by atoms with Gasteiger partial charge >= 0.3 is 0 Å². The summed E-state index contributed by atoms with van der Waals surface area (Å²) in [7, 11) is -3.83. The first-order chi connectivity index (χ1) is 17.7. The van der Waals surface area contributed by atoms with Gasteiger partial charge in [0.1, 0.15) is 11.6 Å². The number of hydrogen-bond acceptors (Lipinski definition) is 4. The summed E-state index contributed by atoms with van der Waals surface area (Å²) >= 11 is 5.93. The van der Waals surface area contributed by atoms with Crippen molar-refractivity contribution in [3.8, 4) is 0 Å². The Morgan fingerprint density at radius 1 is 1.08 bits per heavy atom. The van der Waals surface area contributed by atoms with Gasteiger partial charge in [0.25, 0.3) is 0 Å². The number of allylic oxidation sites excluding steroid dienone is 3. The van der Waals surface area contributed by atoms with E-state index in [1.54, 1.807) is 16.4 Å². The predicted octanol–water partition coefficient (Wildman–Crippen LogP) is 6.17. The van der Waals surface area contributed by atoms with Crippen molar-refractivity contribution in [2.75, 3.05) is 18.1 Å². The van der Waals surface area contributed by atoms with Gasteiger partial charge in [-0.1, -0.05) is 24.1 Å². The molecule has 9 heteroatoms. The van der Waals surface area contributed by atoms with E-state index in [0.29, 0.717) is 19.0 Å². The minimum Gasteiger partial charge on any atom is -0.301 e. The van der Waals surface area contributed by atoms with Crippen LogP contribution in [0.25, 0.3) is 0 Å². The van der Waals surface area contributed by atoms with Gasteiger partial charge in [-0.15, -0.1) is 0 Å². The van der Waals surface area contributed by atoms with Crippen molar-refractivity contribution in [3.05, 3.63) is 93.8 Å². The molecular formula is C28H28ClF2N3O2S. The van der Waals surface area contributed by atoms with E-state index >= 15 is 0 Å². The van der Waals surface area contributed by atoms with Crippen LogP contribution in [0.15, 0.2) is 82.1 Å². The number of nitrogens with zero attached hydrogens (tertiary/aromatic N) is 2. The van der Waals surface area contributed by atoms with Crippen LogP contribution in [0.5, 0.6) is 0 Å². The zero-order valence-corrected chi connectivity index (χ0v) is 22.0. The predicted molar refractivity (Wildman–Crippen MR) is 140 cm³/mol. The van der Waals surface area contributed by atoms with Crippen LogP contribution in [0.4, 0.5) is 14.5 Å². The normalized spacial score (nSPS) is 23.1. The Labute approximate surface area is 221 Å². The molecule has 0 spiro atoms. The lowest BCUT2D eigenvalue weighted by Gasteiger charge is -2.32. The molecule has 37 heavy (non-hydrogen) atoms. The van der Waals surface area contributed by atoms with Gasteiger partial charge in [0.15, 0.2) is 0 Å². The molecule has 2 aromatic rings. The van der Waals surface area contributed by atoms with E-state index in [0.717, 1.165) is 48.7 Å². The van der Waals surface area contributed by atoms with Gasteiger partial charge in [-0.3, -0.25) is 5.01 Å². The van der Waals surface area contributed by atoms with Gasteiger partial charge in [-0.25, -0.2) is 17.2 Å². The summed E-state index contributed by atoms with van der Waals surface area (Å²) in [6.45, 7) is 3.03. The number of sulfonamides is 1. The van der Waals surface area contributed by atoms with Crippen LogP contribution in [0.2, 0.25) is 5.02 Å². The van der Waals surface area contributed by atoms with Crippen molar-refractivity contribution in [1.29, 1.82) is 0 Å². The van der Waals surface area contributed by atoms with Crippen LogP contribution < -0.4 is 10.4 Å². The largest absolute Gasteiger partial charge is 0.301 e. The Morgan fingerprint density at radius 2 is 1.84 bits per heavy atom. The third-order valence-electron chi connectivity index (χ3n) is 7.90. The third-order valence-corrected chi connectivity index (χ3v) is 10.0. The quantitative estimate of drug-likeness (QED) is 0.454. The average molecular weight is 544 g/mol. The molecule has 194 valence electrons. The highest BCUT2D eigenvalue weighted by Gasteiger charge is 2.41. The molecule has 0 unspecified atom stereocenters. The number of hydrazine groups is 1. The molecule has 1 saturated carbocycles. The standard InChI is InChI=1S/C28H28ClF2N3O2S/c1-17-24-14-32-34(22-8-6-21(30)7-9-22)27(24)12-19-4-5-20(28(17)19)16-33(15-18-2-3-18)37(35,36)23-10-11-26(31)25(29)13-23/h6-14,17-18,20,32H,2-5,15-16H2,1H3/t17-,20+/m0/s1. The van der Waals surface area contributed by atoms with Gasteiger partial charge in [-0.05, 0) is 91.6 Å². The van der Waals surface area contributed by atoms with Crippen molar-refractivity contribution < 1.29 is 17.2 Å². The van der Waals surface area contributed by atoms with E-state index in [9.17, 15) is 17.2 Å². The van der Waals surface area contributed by atoms with E-state index in [2.05, 4.69) is 18.4 Å². The monoisotopic (exact) mass is 543 g/mol. The molecule has 1 N–H and O–H groups in total. The minimum atomic E-state index is -3.83. The topological polar surface area (TPSA) is 52.6 Å². The molecular weight excluding hydrogens is 516 g/mol. The molecule has 0 saturated heterocycles. The number of benzene rings is 2. The highest BCUT2D eigenvalue weighted by atomic mass is 35.5.